The Morgan fingerprint density at radius 3 is 2.52 bits per heavy atom. The van der Waals surface area contributed by atoms with E-state index in [0.717, 1.165) is 0 Å². The molecule has 0 bridgehead atoms. The number of allylic oxidation sites excluding steroid dienone is 1. The summed E-state index contributed by atoms with van der Waals surface area (Å²) >= 11 is 0. The number of para-hydroxylation sites is 1. The smallest absolute Gasteiger partial charge is 0.339 e. The summed E-state index contributed by atoms with van der Waals surface area (Å²) in [6.45, 7) is 3.18. The van der Waals surface area contributed by atoms with Gasteiger partial charge >= 0.3 is 17.9 Å². The second kappa shape index (κ2) is 6.46. The number of carbonyl (C=O) groups is 3. The number of carbonyl (C=O) groups excluding carboxylic acids is 3. The van der Waals surface area contributed by atoms with E-state index in [1.54, 1.807) is 43.1 Å². The summed E-state index contributed by atoms with van der Waals surface area (Å²) < 4.78 is 15.4. The van der Waals surface area contributed by atoms with Crippen molar-refractivity contribution in [2.75, 3.05) is 25.7 Å². The van der Waals surface area contributed by atoms with Gasteiger partial charge in [-0.2, -0.15) is 0 Å². The molecule has 27 heavy (non-hydrogen) atoms. The summed E-state index contributed by atoms with van der Waals surface area (Å²) in [7, 11) is 2.85. The van der Waals surface area contributed by atoms with Crippen molar-refractivity contribution in [3.8, 4) is 0 Å². The molecule has 0 saturated carbocycles. The predicted molar refractivity (Wildman–Crippen MR) is 95.2 cm³/mol. The molecule has 3 rings (SSSR count). The highest BCUT2D eigenvalue weighted by atomic mass is 16.6. The number of anilines is 1. The first kappa shape index (κ1) is 18.5. The van der Waals surface area contributed by atoms with Gasteiger partial charge in [0.25, 0.3) is 0 Å². The Labute approximate surface area is 156 Å². The van der Waals surface area contributed by atoms with Gasteiger partial charge in [-0.15, -0.1) is 0 Å². The quantitative estimate of drug-likeness (QED) is 0.621. The van der Waals surface area contributed by atoms with Crippen molar-refractivity contribution in [2.24, 2.45) is 5.73 Å². The first-order chi connectivity index (χ1) is 12.8. The summed E-state index contributed by atoms with van der Waals surface area (Å²) in [5, 5.41) is 0. The fourth-order valence-corrected chi connectivity index (χ4v) is 3.67. The van der Waals surface area contributed by atoms with E-state index in [0.29, 0.717) is 11.3 Å². The molecule has 1 aromatic carbocycles. The van der Waals surface area contributed by atoms with Gasteiger partial charge in [0.1, 0.15) is 22.7 Å². The van der Waals surface area contributed by atoms with Gasteiger partial charge in [-0.1, -0.05) is 18.2 Å². The number of esters is 3. The maximum Gasteiger partial charge on any atom is 0.339 e. The van der Waals surface area contributed by atoms with E-state index in [9.17, 15) is 14.4 Å². The van der Waals surface area contributed by atoms with Gasteiger partial charge in [-0.25, -0.2) is 14.4 Å². The third-order valence-corrected chi connectivity index (χ3v) is 4.81. The van der Waals surface area contributed by atoms with E-state index < -0.39 is 23.3 Å². The van der Waals surface area contributed by atoms with Crippen LogP contribution in [0.5, 0.6) is 0 Å². The van der Waals surface area contributed by atoms with E-state index in [4.69, 9.17) is 19.9 Å². The monoisotopic (exact) mass is 372 g/mol. The van der Waals surface area contributed by atoms with Crippen molar-refractivity contribution in [1.29, 1.82) is 0 Å². The summed E-state index contributed by atoms with van der Waals surface area (Å²) in [6.07, 6.45) is 0. The minimum Gasteiger partial charge on any atom is -0.466 e. The normalized spacial score (nSPS) is 21.3. The molecular formula is C19H20N2O6. The summed E-state index contributed by atoms with van der Waals surface area (Å²) in [5.74, 6) is -2.33. The van der Waals surface area contributed by atoms with Crippen LogP contribution in [0.1, 0.15) is 19.4 Å². The number of cyclic esters (lactones) is 1. The summed E-state index contributed by atoms with van der Waals surface area (Å²) in [6, 6.07) is 6.86. The lowest BCUT2D eigenvalue weighted by atomic mass is 9.66. The maximum atomic E-state index is 13.1. The van der Waals surface area contributed by atoms with Gasteiger partial charge < -0.3 is 24.8 Å². The Hall–Kier alpha value is -3.29. The van der Waals surface area contributed by atoms with Crippen LogP contribution in [-0.4, -0.2) is 38.7 Å². The number of ether oxygens (including phenoxy) is 3. The Morgan fingerprint density at radius 1 is 1.22 bits per heavy atom. The molecule has 2 aliphatic rings. The largest absolute Gasteiger partial charge is 0.466 e. The van der Waals surface area contributed by atoms with E-state index in [2.05, 4.69) is 0 Å². The van der Waals surface area contributed by atoms with E-state index in [-0.39, 0.29) is 29.3 Å². The maximum absolute atomic E-state index is 13.1. The van der Waals surface area contributed by atoms with E-state index >= 15 is 0 Å². The Balaban J connectivity index is 2.46. The van der Waals surface area contributed by atoms with E-state index in [1.165, 1.54) is 14.0 Å². The molecule has 0 aliphatic carbocycles. The highest BCUT2D eigenvalue weighted by Gasteiger charge is 2.63. The fourth-order valence-electron chi connectivity index (χ4n) is 3.67. The van der Waals surface area contributed by atoms with Crippen LogP contribution in [-0.2, 0) is 34.0 Å². The number of fused-ring (bicyclic) bond motifs is 2. The van der Waals surface area contributed by atoms with Crippen LogP contribution in [0, 0.1) is 0 Å². The number of nitrogens with zero attached hydrogens (tertiary/aromatic N) is 1. The van der Waals surface area contributed by atoms with Crippen LogP contribution in [0.15, 0.2) is 47.0 Å². The number of benzene rings is 1. The van der Waals surface area contributed by atoms with Crippen molar-refractivity contribution in [1.82, 2.24) is 0 Å². The number of hydrogen-bond acceptors (Lipinski definition) is 8. The number of rotatable bonds is 3. The molecule has 1 spiro atoms. The van der Waals surface area contributed by atoms with Crippen molar-refractivity contribution in [2.45, 2.75) is 19.3 Å². The van der Waals surface area contributed by atoms with Crippen LogP contribution >= 0.6 is 0 Å². The highest BCUT2D eigenvalue weighted by molar-refractivity contribution is 6.16. The second-order valence-electron chi connectivity index (χ2n) is 6.12. The molecule has 1 unspecified atom stereocenters. The fraction of sp³-hybridized carbons (Fsp3) is 0.316. The van der Waals surface area contributed by atoms with Crippen LogP contribution in [0.4, 0.5) is 5.69 Å². The molecule has 142 valence electrons. The number of hydrogen-bond donors (Lipinski definition) is 1. The molecule has 2 N–H and O–H groups in total. The lowest BCUT2D eigenvalue weighted by Crippen LogP contribution is -2.49. The second-order valence-corrected chi connectivity index (χ2v) is 6.12. The molecule has 8 nitrogen and oxygen atoms in total. The van der Waals surface area contributed by atoms with Crippen LogP contribution < -0.4 is 10.6 Å². The Morgan fingerprint density at radius 2 is 1.89 bits per heavy atom. The zero-order valence-corrected chi connectivity index (χ0v) is 15.5. The molecule has 1 aromatic rings. The van der Waals surface area contributed by atoms with Gasteiger partial charge in [-0.05, 0) is 19.9 Å². The van der Waals surface area contributed by atoms with Crippen LogP contribution in [0.3, 0.4) is 0 Å². The molecule has 0 amide bonds. The average Bonchev–Trinajstić information content (AvgIpc) is 2.90. The third kappa shape index (κ3) is 2.33. The van der Waals surface area contributed by atoms with Gasteiger partial charge in [0.2, 0.25) is 0 Å². The van der Waals surface area contributed by atoms with Gasteiger partial charge in [0.05, 0.1) is 13.7 Å². The van der Waals surface area contributed by atoms with Crippen LogP contribution in [0.2, 0.25) is 0 Å². The molecular weight excluding hydrogens is 352 g/mol. The molecule has 8 heteroatoms. The molecule has 0 radical (unpaired) electrons. The minimum absolute atomic E-state index is 0.000188. The molecule has 0 fully saturated rings. The van der Waals surface area contributed by atoms with E-state index in [1.807, 2.05) is 0 Å². The highest BCUT2D eigenvalue weighted by Crippen LogP contribution is 2.53. The standard InChI is InChI=1S/C19H20N2O6/c1-5-26-17(23)14-15(20)21(3)12-9-7-6-8-11(12)19(14)13(16(22)25-4)10(2)27-18(19)24/h6-9H,5,20H2,1-4H3. The molecule has 2 aliphatic heterocycles. The Bertz CT molecular complexity index is 917. The Kier molecular flexibility index (Phi) is 4.43. The van der Waals surface area contributed by atoms with Crippen molar-refractivity contribution < 1.29 is 28.6 Å². The molecule has 0 saturated heterocycles. The van der Waals surface area contributed by atoms with Gasteiger partial charge in [0.15, 0.2) is 5.41 Å². The van der Waals surface area contributed by atoms with Crippen LogP contribution in [0.25, 0.3) is 0 Å². The van der Waals surface area contributed by atoms with Crippen molar-refractivity contribution >= 4 is 23.6 Å². The topological polar surface area (TPSA) is 108 Å². The first-order valence-corrected chi connectivity index (χ1v) is 8.34. The zero-order valence-electron chi connectivity index (χ0n) is 15.5. The first-order valence-electron chi connectivity index (χ1n) is 8.34. The summed E-state index contributed by atoms with van der Waals surface area (Å²) in [5.41, 5.74) is 5.13. The lowest BCUT2D eigenvalue weighted by Gasteiger charge is -2.39. The number of methoxy groups -OCH3 is 1. The molecule has 2 heterocycles. The molecule has 1 atom stereocenters. The third-order valence-electron chi connectivity index (χ3n) is 4.81. The summed E-state index contributed by atoms with van der Waals surface area (Å²) in [4.78, 5) is 40.2. The zero-order chi connectivity index (χ0) is 19.9. The number of nitrogens with two attached hydrogens (primary N) is 1. The molecule has 0 aromatic heterocycles. The van der Waals surface area contributed by atoms with Crippen molar-refractivity contribution in [3.63, 3.8) is 0 Å². The van der Waals surface area contributed by atoms with Gasteiger partial charge in [0, 0.05) is 18.3 Å². The lowest BCUT2D eigenvalue weighted by molar-refractivity contribution is -0.146. The van der Waals surface area contributed by atoms with Gasteiger partial charge in [-0.3, -0.25) is 0 Å². The SMILES string of the molecule is CCOC(=O)C1=C(N)N(C)c2ccccc2C12C(=O)OC(C)=C2C(=O)OC. The van der Waals surface area contributed by atoms with Crippen molar-refractivity contribution in [3.05, 3.63) is 52.6 Å². The average molecular weight is 372 g/mol. The minimum atomic E-state index is -1.85. The predicted octanol–water partition coefficient (Wildman–Crippen LogP) is 1.11.